The van der Waals surface area contributed by atoms with E-state index >= 15 is 0 Å². The van der Waals surface area contributed by atoms with E-state index in [0.29, 0.717) is 17.7 Å². The number of nitriles is 1. The summed E-state index contributed by atoms with van der Waals surface area (Å²) >= 11 is 0. The number of urea groups is 1. The Bertz CT molecular complexity index is 1090. The van der Waals surface area contributed by atoms with Crippen LogP contribution in [0.25, 0.3) is 0 Å². The molecule has 0 unspecified atom stereocenters. The van der Waals surface area contributed by atoms with Gasteiger partial charge >= 0.3 is 6.03 Å². The second-order valence-corrected chi connectivity index (χ2v) is 9.75. The number of anilines is 1. The van der Waals surface area contributed by atoms with E-state index in [1.54, 1.807) is 24.3 Å². The Labute approximate surface area is 218 Å². The summed E-state index contributed by atoms with van der Waals surface area (Å²) in [7, 11) is 0. The van der Waals surface area contributed by atoms with Gasteiger partial charge in [0.2, 0.25) is 5.91 Å². The van der Waals surface area contributed by atoms with Gasteiger partial charge in [-0.05, 0) is 48.9 Å². The molecule has 196 valence electrons. The Morgan fingerprint density at radius 2 is 1.78 bits per heavy atom. The predicted molar refractivity (Wildman–Crippen MR) is 143 cm³/mol. The van der Waals surface area contributed by atoms with E-state index in [4.69, 9.17) is 5.26 Å². The molecule has 1 fully saturated rings. The molecule has 0 spiro atoms. The van der Waals surface area contributed by atoms with E-state index in [2.05, 4.69) is 38.3 Å². The zero-order valence-corrected chi connectivity index (χ0v) is 21.5. The lowest BCUT2D eigenvalue weighted by Crippen LogP contribution is -2.47. The number of rotatable bonds is 10. The molecule has 1 aliphatic rings. The van der Waals surface area contributed by atoms with E-state index in [1.165, 1.54) is 5.56 Å². The lowest BCUT2D eigenvalue weighted by molar-refractivity contribution is -0.123. The molecule has 1 aliphatic heterocycles. The number of likely N-dealkylation sites (tertiary alicyclic amines) is 1. The number of amides is 4. The molecule has 9 heteroatoms. The van der Waals surface area contributed by atoms with Crippen molar-refractivity contribution in [1.29, 1.82) is 5.26 Å². The van der Waals surface area contributed by atoms with Crippen LogP contribution in [-0.2, 0) is 11.3 Å². The molecule has 0 aliphatic carbocycles. The molecule has 0 bridgehead atoms. The number of benzene rings is 2. The maximum atomic E-state index is 12.8. The zero-order chi connectivity index (χ0) is 26.6. The molecule has 0 aromatic heterocycles. The molecule has 1 heterocycles. The third-order valence-corrected chi connectivity index (χ3v) is 6.23. The topological polar surface area (TPSA) is 126 Å². The van der Waals surface area contributed by atoms with Crippen molar-refractivity contribution in [1.82, 2.24) is 20.9 Å². The minimum Gasteiger partial charge on any atom is -0.341 e. The van der Waals surface area contributed by atoms with Crippen molar-refractivity contribution in [3.05, 3.63) is 65.7 Å². The van der Waals surface area contributed by atoms with Gasteiger partial charge in [0.1, 0.15) is 12.6 Å². The van der Waals surface area contributed by atoms with Gasteiger partial charge in [0.05, 0.1) is 6.07 Å². The van der Waals surface area contributed by atoms with E-state index < -0.39 is 17.9 Å². The average molecular weight is 505 g/mol. The maximum absolute atomic E-state index is 12.8. The molecule has 3 rings (SSSR count). The van der Waals surface area contributed by atoms with Gasteiger partial charge in [0, 0.05) is 36.9 Å². The Morgan fingerprint density at radius 3 is 2.46 bits per heavy atom. The SMILES string of the molecule is CC(C)C[C@H](NC(=O)c1cccc(NC(=O)NC2CCN(Cc3ccccc3)CC2)c1)C(=O)NCC#N. The van der Waals surface area contributed by atoms with Crippen LogP contribution in [-0.4, -0.2) is 54.5 Å². The van der Waals surface area contributed by atoms with Gasteiger partial charge in [-0.25, -0.2) is 4.79 Å². The fourth-order valence-electron chi connectivity index (χ4n) is 4.36. The summed E-state index contributed by atoms with van der Waals surface area (Å²) in [4.78, 5) is 40.2. The van der Waals surface area contributed by atoms with E-state index in [-0.39, 0.29) is 24.5 Å². The Morgan fingerprint density at radius 1 is 1.05 bits per heavy atom. The highest BCUT2D eigenvalue weighted by atomic mass is 16.2. The molecule has 1 atom stereocenters. The lowest BCUT2D eigenvalue weighted by Gasteiger charge is -2.32. The van der Waals surface area contributed by atoms with Crippen LogP contribution in [0.3, 0.4) is 0 Å². The molecule has 37 heavy (non-hydrogen) atoms. The summed E-state index contributed by atoms with van der Waals surface area (Å²) in [6, 6.07) is 17.8. The quantitative estimate of drug-likeness (QED) is 0.370. The first kappa shape index (κ1) is 27.7. The van der Waals surface area contributed by atoms with Gasteiger partial charge in [0.15, 0.2) is 0 Å². The lowest BCUT2D eigenvalue weighted by atomic mass is 10.0. The summed E-state index contributed by atoms with van der Waals surface area (Å²) in [6.07, 6.45) is 2.18. The van der Waals surface area contributed by atoms with Crippen molar-refractivity contribution in [3.8, 4) is 6.07 Å². The first-order chi connectivity index (χ1) is 17.8. The molecule has 4 N–H and O–H groups in total. The summed E-state index contributed by atoms with van der Waals surface area (Å²) in [5.41, 5.74) is 2.10. The number of hydrogen-bond donors (Lipinski definition) is 4. The van der Waals surface area contributed by atoms with E-state index in [9.17, 15) is 14.4 Å². The second-order valence-electron chi connectivity index (χ2n) is 9.75. The third-order valence-electron chi connectivity index (χ3n) is 6.23. The van der Waals surface area contributed by atoms with Gasteiger partial charge in [-0.3, -0.25) is 14.5 Å². The highest BCUT2D eigenvalue weighted by Gasteiger charge is 2.23. The first-order valence-corrected chi connectivity index (χ1v) is 12.7. The fourth-order valence-corrected chi connectivity index (χ4v) is 4.36. The number of piperidine rings is 1. The number of nitrogens with one attached hydrogen (secondary N) is 4. The minimum atomic E-state index is -0.756. The van der Waals surface area contributed by atoms with Crippen LogP contribution in [0.15, 0.2) is 54.6 Å². The van der Waals surface area contributed by atoms with Crippen LogP contribution in [0, 0.1) is 17.2 Å². The van der Waals surface area contributed by atoms with Crippen molar-refractivity contribution in [2.24, 2.45) is 5.92 Å². The smallest absolute Gasteiger partial charge is 0.319 e. The highest BCUT2D eigenvalue weighted by Crippen LogP contribution is 2.15. The predicted octanol–water partition coefficient (Wildman–Crippen LogP) is 3.26. The maximum Gasteiger partial charge on any atom is 0.319 e. The first-order valence-electron chi connectivity index (χ1n) is 12.7. The Hall–Kier alpha value is -3.90. The molecule has 9 nitrogen and oxygen atoms in total. The molecular weight excluding hydrogens is 468 g/mol. The largest absolute Gasteiger partial charge is 0.341 e. The van der Waals surface area contributed by atoms with Gasteiger partial charge in [-0.15, -0.1) is 0 Å². The average Bonchev–Trinajstić information content (AvgIpc) is 2.88. The number of nitrogens with zero attached hydrogens (tertiary/aromatic N) is 2. The molecule has 0 saturated carbocycles. The van der Waals surface area contributed by atoms with Crippen LogP contribution < -0.4 is 21.3 Å². The fraction of sp³-hybridized carbons (Fsp3) is 0.429. The molecule has 0 radical (unpaired) electrons. The summed E-state index contributed by atoms with van der Waals surface area (Å²) < 4.78 is 0. The van der Waals surface area contributed by atoms with Gasteiger partial charge < -0.3 is 21.3 Å². The van der Waals surface area contributed by atoms with E-state index in [1.807, 2.05) is 38.1 Å². The van der Waals surface area contributed by atoms with Crippen LogP contribution in [0.4, 0.5) is 10.5 Å². The zero-order valence-electron chi connectivity index (χ0n) is 21.5. The van der Waals surface area contributed by atoms with Crippen LogP contribution in [0.1, 0.15) is 49.0 Å². The summed E-state index contributed by atoms with van der Waals surface area (Å²) in [5.74, 6) is -0.653. The third kappa shape index (κ3) is 9.24. The molecular formula is C28H36N6O3. The van der Waals surface area contributed by atoms with Gasteiger partial charge in [-0.1, -0.05) is 50.2 Å². The monoisotopic (exact) mass is 504 g/mol. The van der Waals surface area contributed by atoms with Crippen LogP contribution >= 0.6 is 0 Å². The minimum absolute atomic E-state index is 0.0854. The van der Waals surface area contributed by atoms with Crippen molar-refractivity contribution < 1.29 is 14.4 Å². The molecule has 1 saturated heterocycles. The van der Waals surface area contributed by atoms with Gasteiger partial charge in [0.25, 0.3) is 5.91 Å². The van der Waals surface area contributed by atoms with Crippen LogP contribution in [0.2, 0.25) is 0 Å². The van der Waals surface area contributed by atoms with Crippen molar-refractivity contribution in [2.75, 3.05) is 25.0 Å². The van der Waals surface area contributed by atoms with Crippen molar-refractivity contribution in [3.63, 3.8) is 0 Å². The number of carbonyl (C=O) groups excluding carboxylic acids is 3. The number of hydrogen-bond acceptors (Lipinski definition) is 5. The molecule has 4 amide bonds. The number of carbonyl (C=O) groups is 3. The molecule has 2 aromatic rings. The van der Waals surface area contributed by atoms with Crippen molar-refractivity contribution >= 4 is 23.5 Å². The standard InChI is InChI=1S/C28H36N6O3/c1-20(2)17-25(27(36)30-14-13-29)33-26(35)22-9-6-10-24(18-22)32-28(37)31-23-11-15-34(16-12-23)19-21-7-4-3-5-8-21/h3-10,18,20,23,25H,11-12,14-17,19H2,1-2H3,(H,30,36)(H,33,35)(H2,31,32,37)/t25-/m0/s1. The second kappa shape index (κ2) is 14.0. The Kier molecular flexibility index (Phi) is 10.5. The van der Waals surface area contributed by atoms with Crippen molar-refractivity contribution in [2.45, 2.75) is 51.7 Å². The normalized spacial score (nSPS) is 14.9. The Balaban J connectivity index is 1.49. The summed E-state index contributed by atoms with van der Waals surface area (Å²) in [6.45, 7) is 6.51. The van der Waals surface area contributed by atoms with Crippen LogP contribution in [0.5, 0.6) is 0 Å². The molecule has 2 aromatic carbocycles. The van der Waals surface area contributed by atoms with Gasteiger partial charge in [-0.2, -0.15) is 5.26 Å². The van der Waals surface area contributed by atoms with E-state index in [0.717, 1.165) is 32.5 Å². The highest BCUT2D eigenvalue weighted by molar-refractivity contribution is 5.99. The summed E-state index contributed by atoms with van der Waals surface area (Å²) in [5, 5.41) is 19.8.